The maximum atomic E-state index is 11.0. The van der Waals surface area contributed by atoms with Gasteiger partial charge in [0, 0.05) is 6.42 Å². The molecule has 1 amide bonds. The highest BCUT2D eigenvalue weighted by Gasteiger charge is 2.11. The highest BCUT2D eigenvalue weighted by atomic mass is 32.2. The van der Waals surface area contributed by atoms with Gasteiger partial charge in [0.15, 0.2) is 0 Å². The first-order chi connectivity index (χ1) is 6.52. The van der Waals surface area contributed by atoms with Gasteiger partial charge in [0.05, 0.1) is 5.75 Å². The molecule has 0 unspecified atom stereocenters. The molecule has 0 heterocycles. The Hall–Kier alpha value is -0.620. The largest absolute Gasteiger partial charge is 0.287 e. The molecule has 0 aromatic heterocycles. The van der Waals surface area contributed by atoms with Gasteiger partial charge in [0.25, 0.3) is 10.1 Å². The van der Waals surface area contributed by atoms with E-state index in [1.807, 2.05) is 12.4 Å². The maximum absolute atomic E-state index is 11.0. The molecule has 0 atom stereocenters. The molecule has 5 nitrogen and oxygen atoms in total. The second-order valence-corrected chi connectivity index (χ2v) is 4.66. The number of hydroxylamine groups is 1. The number of carbonyl (C=O) groups is 1. The van der Waals surface area contributed by atoms with Gasteiger partial charge in [-0.2, -0.15) is 8.42 Å². The number of hydrogen-bond donors (Lipinski definition) is 1. The van der Waals surface area contributed by atoms with Crippen molar-refractivity contribution in [2.45, 2.75) is 39.5 Å². The highest BCUT2D eigenvalue weighted by Crippen LogP contribution is 1.96. The molecule has 0 rings (SSSR count). The molecule has 0 aromatic carbocycles. The lowest BCUT2D eigenvalue weighted by molar-refractivity contribution is -0.127. The SMILES string of the molecule is CCCCC(=O)NOS(=O)(=O)CCC. The van der Waals surface area contributed by atoms with Crippen molar-refractivity contribution in [3.8, 4) is 0 Å². The van der Waals surface area contributed by atoms with Gasteiger partial charge in [0.2, 0.25) is 5.91 Å². The van der Waals surface area contributed by atoms with Gasteiger partial charge in [-0.15, -0.1) is 4.28 Å². The zero-order valence-electron chi connectivity index (χ0n) is 8.58. The summed E-state index contributed by atoms with van der Waals surface area (Å²) in [4.78, 5) is 11.0. The van der Waals surface area contributed by atoms with Gasteiger partial charge in [-0.1, -0.05) is 20.3 Å². The topological polar surface area (TPSA) is 72.5 Å². The first kappa shape index (κ1) is 13.4. The minimum atomic E-state index is -3.58. The Morgan fingerprint density at radius 2 is 1.93 bits per heavy atom. The molecule has 0 fully saturated rings. The second kappa shape index (κ2) is 6.78. The molecule has 0 aliphatic carbocycles. The Kier molecular flexibility index (Phi) is 6.48. The third-order valence-corrected chi connectivity index (χ3v) is 2.74. The summed E-state index contributed by atoms with van der Waals surface area (Å²) in [5, 5.41) is 0. The summed E-state index contributed by atoms with van der Waals surface area (Å²) in [6.45, 7) is 3.67. The van der Waals surface area contributed by atoms with E-state index in [2.05, 4.69) is 4.28 Å². The Labute approximate surface area is 84.9 Å². The first-order valence-corrected chi connectivity index (χ1v) is 6.29. The van der Waals surface area contributed by atoms with Crippen LogP contribution in [0.4, 0.5) is 0 Å². The van der Waals surface area contributed by atoms with Crippen molar-refractivity contribution in [1.29, 1.82) is 0 Å². The molecule has 0 saturated carbocycles. The van der Waals surface area contributed by atoms with Gasteiger partial charge < -0.3 is 0 Å². The van der Waals surface area contributed by atoms with Crippen molar-refractivity contribution >= 4 is 16.0 Å². The van der Waals surface area contributed by atoms with Crippen molar-refractivity contribution in [1.82, 2.24) is 5.48 Å². The van der Waals surface area contributed by atoms with Gasteiger partial charge in [-0.25, -0.2) is 5.48 Å². The summed E-state index contributed by atoms with van der Waals surface area (Å²) in [7, 11) is -3.58. The van der Waals surface area contributed by atoms with E-state index in [0.717, 1.165) is 12.8 Å². The molecule has 14 heavy (non-hydrogen) atoms. The van der Waals surface area contributed by atoms with E-state index in [1.165, 1.54) is 0 Å². The van der Waals surface area contributed by atoms with E-state index in [0.29, 0.717) is 6.42 Å². The van der Waals surface area contributed by atoms with Crippen LogP contribution in [0.3, 0.4) is 0 Å². The van der Waals surface area contributed by atoms with Crippen LogP contribution in [0, 0.1) is 0 Å². The van der Waals surface area contributed by atoms with E-state index < -0.39 is 16.0 Å². The third-order valence-electron chi connectivity index (χ3n) is 1.49. The Morgan fingerprint density at radius 1 is 1.29 bits per heavy atom. The predicted octanol–water partition coefficient (Wildman–Crippen LogP) is 0.964. The minimum Gasteiger partial charge on any atom is -0.273 e. The first-order valence-electron chi connectivity index (χ1n) is 4.71. The summed E-state index contributed by atoms with van der Waals surface area (Å²) in [5.41, 5.74) is 1.92. The van der Waals surface area contributed by atoms with Gasteiger partial charge in [0.1, 0.15) is 0 Å². The van der Waals surface area contributed by atoms with Crippen molar-refractivity contribution in [3.05, 3.63) is 0 Å². The minimum absolute atomic E-state index is 0.0823. The Morgan fingerprint density at radius 3 is 2.43 bits per heavy atom. The molecule has 84 valence electrons. The number of hydrogen-bond acceptors (Lipinski definition) is 4. The van der Waals surface area contributed by atoms with E-state index >= 15 is 0 Å². The molecule has 0 aliphatic heterocycles. The van der Waals surface area contributed by atoms with E-state index in [-0.39, 0.29) is 12.2 Å². The van der Waals surface area contributed by atoms with Crippen LogP contribution in [-0.4, -0.2) is 20.1 Å². The van der Waals surface area contributed by atoms with Crippen molar-refractivity contribution in [2.75, 3.05) is 5.75 Å². The summed E-state index contributed by atoms with van der Waals surface area (Å²) in [6.07, 6.45) is 2.36. The van der Waals surface area contributed by atoms with Crippen LogP contribution in [0.2, 0.25) is 0 Å². The Bertz CT molecular complexity index is 261. The summed E-state index contributed by atoms with van der Waals surface area (Å²) >= 11 is 0. The molecule has 0 spiro atoms. The molecular formula is C8H17NO4S. The van der Waals surface area contributed by atoms with Crippen molar-refractivity contribution in [2.24, 2.45) is 0 Å². The average Bonchev–Trinajstić information content (AvgIpc) is 2.11. The molecule has 0 saturated heterocycles. The van der Waals surface area contributed by atoms with Crippen LogP contribution < -0.4 is 5.48 Å². The smallest absolute Gasteiger partial charge is 0.273 e. The molecule has 0 bridgehead atoms. The molecular weight excluding hydrogens is 206 g/mol. The lowest BCUT2D eigenvalue weighted by atomic mass is 10.2. The average molecular weight is 223 g/mol. The van der Waals surface area contributed by atoms with E-state index in [4.69, 9.17) is 0 Å². The van der Waals surface area contributed by atoms with Crippen LogP contribution in [0.25, 0.3) is 0 Å². The fourth-order valence-electron chi connectivity index (χ4n) is 0.790. The van der Waals surface area contributed by atoms with Crippen LogP contribution in [0.1, 0.15) is 39.5 Å². The monoisotopic (exact) mass is 223 g/mol. The fraction of sp³-hybridized carbons (Fsp3) is 0.875. The Balaban J connectivity index is 3.76. The molecule has 1 N–H and O–H groups in total. The quantitative estimate of drug-likeness (QED) is 0.652. The van der Waals surface area contributed by atoms with E-state index in [1.54, 1.807) is 6.92 Å². The molecule has 0 aliphatic rings. The standard InChI is InChI=1S/C8H17NO4S/c1-3-5-6-8(10)9-13-14(11,12)7-4-2/h3-7H2,1-2H3,(H,9,10). The highest BCUT2D eigenvalue weighted by molar-refractivity contribution is 7.86. The number of amides is 1. The zero-order valence-corrected chi connectivity index (χ0v) is 9.39. The number of carbonyl (C=O) groups excluding carboxylic acids is 1. The molecule has 6 heteroatoms. The van der Waals surface area contributed by atoms with Gasteiger partial charge >= 0.3 is 0 Å². The van der Waals surface area contributed by atoms with Crippen molar-refractivity contribution < 1.29 is 17.5 Å². The van der Waals surface area contributed by atoms with Crippen molar-refractivity contribution in [3.63, 3.8) is 0 Å². The van der Waals surface area contributed by atoms with Crippen LogP contribution in [-0.2, 0) is 19.2 Å². The second-order valence-electron chi connectivity index (χ2n) is 2.97. The zero-order chi connectivity index (χ0) is 11.0. The third kappa shape index (κ3) is 6.85. The maximum Gasteiger partial charge on any atom is 0.287 e. The summed E-state index contributed by atoms with van der Waals surface area (Å²) in [6, 6.07) is 0. The van der Waals surface area contributed by atoms with Gasteiger partial charge in [-0.05, 0) is 12.8 Å². The summed E-state index contributed by atoms with van der Waals surface area (Å²) in [5.74, 6) is -0.479. The number of unbranched alkanes of at least 4 members (excludes halogenated alkanes) is 1. The molecule has 0 aromatic rings. The normalized spacial score (nSPS) is 11.3. The number of nitrogens with one attached hydrogen (secondary N) is 1. The lowest BCUT2D eigenvalue weighted by Crippen LogP contribution is -2.28. The van der Waals surface area contributed by atoms with Gasteiger partial charge in [-0.3, -0.25) is 4.79 Å². The van der Waals surface area contributed by atoms with Crippen LogP contribution in [0.5, 0.6) is 0 Å². The fourth-order valence-corrected chi connectivity index (χ4v) is 1.59. The number of rotatable bonds is 7. The molecule has 0 radical (unpaired) electrons. The predicted molar refractivity (Wildman–Crippen MR) is 52.8 cm³/mol. The van der Waals surface area contributed by atoms with Crippen LogP contribution >= 0.6 is 0 Å². The lowest BCUT2D eigenvalue weighted by Gasteiger charge is -2.04. The van der Waals surface area contributed by atoms with Crippen LogP contribution in [0.15, 0.2) is 0 Å². The van der Waals surface area contributed by atoms with E-state index in [9.17, 15) is 13.2 Å². The summed E-state index contributed by atoms with van der Waals surface area (Å²) < 4.78 is 26.2.